The molecular formula is C17H16N2O4S. The molecule has 1 aromatic heterocycles. The standard InChI is InChI=1S/C17H16N2O4S/c1-19-14-5-4-11(8-15(14)24-17(19)21)18-16(20)10-6-12(22-2)9-13(7-10)23-3/h4-9H,1-3H3,(H,18,20). The lowest BCUT2D eigenvalue weighted by Gasteiger charge is -2.09. The first-order valence-corrected chi connectivity index (χ1v) is 7.97. The molecular weight excluding hydrogens is 328 g/mol. The maximum Gasteiger partial charge on any atom is 0.307 e. The Kier molecular flexibility index (Phi) is 4.26. The van der Waals surface area contributed by atoms with Gasteiger partial charge in [0.25, 0.3) is 5.91 Å². The zero-order valence-corrected chi connectivity index (χ0v) is 14.3. The molecule has 0 atom stereocenters. The number of thiazole rings is 1. The van der Waals surface area contributed by atoms with E-state index in [0.717, 1.165) is 21.6 Å². The summed E-state index contributed by atoms with van der Waals surface area (Å²) in [6.07, 6.45) is 0. The fraction of sp³-hybridized carbons (Fsp3) is 0.176. The number of hydrogen-bond acceptors (Lipinski definition) is 5. The maximum absolute atomic E-state index is 12.5. The van der Waals surface area contributed by atoms with E-state index in [9.17, 15) is 9.59 Å². The first-order valence-electron chi connectivity index (χ1n) is 7.16. The highest BCUT2D eigenvalue weighted by Crippen LogP contribution is 2.25. The third-order valence-corrected chi connectivity index (χ3v) is 4.66. The van der Waals surface area contributed by atoms with Crippen LogP contribution in [0.4, 0.5) is 5.69 Å². The van der Waals surface area contributed by atoms with Gasteiger partial charge in [0.1, 0.15) is 11.5 Å². The summed E-state index contributed by atoms with van der Waals surface area (Å²) >= 11 is 1.14. The van der Waals surface area contributed by atoms with E-state index in [0.29, 0.717) is 22.7 Å². The van der Waals surface area contributed by atoms with Crippen LogP contribution in [0.3, 0.4) is 0 Å². The zero-order valence-electron chi connectivity index (χ0n) is 13.5. The summed E-state index contributed by atoms with van der Waals surface area (Å²) in [5, 5.41) is 2.83. The second-order valence-electron chi connectivity index (χ2n) is 5.16. The number of ether oxygens (including phenoxy) is 2. The van der Waals surface area contributed by atoms with Crippen molar-refractivity contribution in [1.82, 2.24) is 4.57 Å². The van der Waals surface area contributed by atoms with E-state index in [2.05, 4.69) is 5.32 Å². The third-order valence-electron chi connectivity index (χ3n) is 3.66. The van der Waals surface area contributed by atoms with Crippen molar-refractivity contribution in [2.75, 3.05) is 19.5 Å². The van der Waals surface area contributed by atoms with Gasteiger partial charge in [0.15, 0.2) is 0 Å². The van der Waals surface area contributed by atoms with Gasteiger partial charge < -0.3 is 19.4 Å². The summed E-state index contributed by atoms with van der Waals surface area (Å²) in [5.74, 6) is 0.794. The summed E-state index contributed by atoms with van der Waals surface area (Å²) < 4.78 is 12.8. The van der Waals surface area contributed by atoms with Crippen LogP contribution in [0.1, 0.15) is 10.4 Å². The second kappa shape index (κ2) is 6.37. The van der Waals surface area contributed by atoms with E-state index in [1.165, 1.54) is 14.2 Å². The van der Waals surface area contributed by atoms with Gasteiger partial charge >= 0.3 is 4.87 Å². The average molecular weight is 344 g/mol. The Morgan fingerprint density at radius 2 is 1.75 bits per heavy atom. The molecule has 0 fully saturated rings. The smallest absolute Gasteiger partial charge is 0.307 e. The molecule has 0 saturated carbocycles. The monoisotopic (exact) mass is 344 g/mol. The number of fused-ring (bicyclic) bond motifs is 1. The van der Waals surface area contributed by atoms with Crippen LogP contribution in [0.25, 0.3) is 10.2 Å². The molecule has 0 spiro atoms. The van der Waals surface area contributed by atoms with E-state index in [-0.39, 0.29) is 10.8 Å². The lowest BCUT2D eigenvalue weighted by molar-refractivity contribution is 0.102. The van der Waals surface area contributed by atoms with Gasteiger partial charge in [-0.1, -0.05) is 11.3 Å². The number of hydrogen-bond donors (Lipinski definition) is 1. The zero-order chi connectivity index (χ0) is 17.3. The van der Waals surface area contributed by atoms with Crippen LogP contribution in [0.15, 0.2) is 41.2 Å². The van der Waals surface area contributed by atoms with Gasteiger partial charge in [-0.3, -0.25) is 9.59 Å². The van der Waals surface area contributed by atoms with Crippen molar-refractivity contribution in [2.24, 2.45) is 7.05 Å². The minimum absolute atomic E-state index is 0.0361. The molecule has 3 rings (SSSR count). The van der Waals surface area contributed by atoms with E-state index in [4.69, 9.17) is 9.47 Å². The quantitative estimate of drug-likeness (QED) is 0.790. The topological polar surface area (TPSA) is 69.6 Å². The Balaban J connectivity index is 1.90. The molecule has 1 amide bonds. The van der Waals surface area contributed by atoms with Gasteiger partial charge in [0.05, 0.1) is 24.4 Å². The van der Waals surface area contributed by atoms with E-state index in [1.54, 1.807) is 41.9 Å². The minimum atomic E-state index is -0.283. The number of aryl methyl sites for hydroxylation is 1. The van der Waals surface area contributed by atoms with E-state index < -0.39 is 0 Å². The average Bonchev–Trinajstić information content (AvgIpc) is 2.88. The van der Waals surface area contributed by atoms with Crippen LogP contribution in [0.2, 0.25) is 0 Å². The molecule has 0 aliphatic carbocycles. The highest BCUT2D eigenvalue weighted by atomic mass is 32.1. The van der Waals surface area contributed by atoms with Crippen LogP contribution in [-0.2, 0) is 7.05 Å². The van der Waals surface area contributed by atoms with Gasteiger partial charge in [-0.25, -0.2) is 0 Å². The number of nitrogens with one attached hydrogen (secondary N) is 1. The second-order valence-corrected chi connectivity index (χ2v) is 6.16. The molecule has 6 nitrogen and oxygen atoms in total. The van der Waals surface area contributed by atoms with Crippen LogP contribution in [-0.4, -0.2) is 24.7 Å². The first kappa shape index (κ1) is 16.1. The molecule has 0 bridgehead atoms. The first-order chi connectivity index (χ1) is 11.5. The largest absolute Gasteiger partial charge is 0.497 e. The number of anilines is 1. The summed E-state index contributed by atoms with van der Waals surface area (Å²) in [6, 6.07) is 10.3. The molecule has 0 aliphatic rings. The third kappa shape index (κ3) is 2.98. The van der Waals surface area contributed by atoms with Gasteiger partial charge in [0.2, 0.25) is 0 Å². The molecule has 2 aromatic carbocycles. The molecule has 7 heteroatoms. The molecule has 0 saturated heterocycles. The molecule has 3 aromatic rings. The van der Waals surface area contributed by atoms with Crippen molar-refractivity contribution in [3.8, 4) is 11.5 Å². The number of rotatable bonds is 4. The Bertz CT molecular complexity index is 952. The van der Waals surface area contributed by atoms with Crippen LogP contribution in [0, 0.1) is 0 Å². The van der Waals surface area contributed by atoms with Crippen LogP contribution >= 0.6 is 11.3 Å². The van der Waals surface area contributed by atoms with Crippen LogP contribution in [0.5, 0.6) is 11.5 Å². The summed E-state index contributed by atoms with van der Waals surface area (Å²) in [6.45, 7) is 0. The highest BCUT2D eigenvalue weighted by Gasteiger charge is 2.11. The number of amides is 1. The normalized spacial score (nSPS) is 10.6. The van der Waals surface area contributed by atoms with Crippen LogP contribution < -0.4 is 19.7 Å². The molecule has 1 heterocycles. The Labute approximate surface area is 142 Å². The number of carbonyl (C=O) groups excluding carboxylic acids is 1. The van der Waals surface area contributed by atoms with E-state index >= 15 is 0 Å². The van der Waals surface area contributed by atoms with Gasteiger partial charge in [-0.2, -0.15) is 0 Å². The molecule has 0 radical (unpaired) electrons. The molecule has 1 N–H and O–H groups in total. The Morgan fingerprint density at radius 3 is 2.38 bits per heavy atom. The fourth-order valence-corrected chi connectivity index (χ4v) is 3.27. The van der Waals surface area contributed by atoms with Crippen molar-refractivity contribution < 1.29 is 14.3 Å². The van der Waals surface area contributed by atoms with Crippen molar-refractivity contribution in [1.29, 1.82) is 0 Å². The van der Waals surface area contributed by atoms with Crippen molar-refractivity contribution in [3.05, 3.63) is 51.6 Å². The predicted molar refractivity (Wildman–Crippen MR) is 94.6 cm³/mol. The Morgan fingerprint density at radius 1 is 1.08 bits per heavy atom. The summed E-state index contributed by atoms with van der Waals surface area (Å²) in [4.78, 5) is 24.1. The molecule has 0 aliphatic heterocycles. The number of methoxy groups -OCH3 is 2. The van der Waals surface area contributed by atoms with Gasteiger partial charge in [-0.15, -0.1) is 0 Å². The lowest BCUT2D eigenvalue weighted by atomic mass is 10.1. The van der Waals surface area contributed by atoms with Gasteiger partial charge in [0, 0.05) is 24.4 Å². The van der Waals surface area contributed by atoms with Crippen molar-refractivity contribution in [2.45, 2.75) is 0 Å². The predicted octanol–water partition coefficient (Wildman–Crippen LogP) is 2.87. The number of aromatic nitrogens is 1. The van der Waals surface area contributed by atoms with Gasteiger partial charge in [-0.05, 0) is 30.3 Å². The maximum atomic E-state index is 12.5. The van der Waals surface area contributed by atoms with Crippen molar-refractivity contribution >= 4 is 33.1 Å². The highest BCUT2D eigenvalue weighted by molar-refractivity contribution is 7.16. The Hall–Kier alpha value is -2.80. The summed E-state index contributed by atoms with van der Waals surface area (Å²) in [7, 11) is 4.78. The minimum Gasteiger partial charge on any atom is -0.497 e. The van der Waals surface area contributed by atoms with E-state index in [1.807, 2.05) is 6.07 Å². The number of benzene rings is 2. The lowest BCUT2D eigenvalue weighted by Crippen LogP contribution is -2.12. The molecule has 0 unspecified atom stereocenters. The number of nitrogens with zero attached hydrogens (tertiary/aromatic N) is 1. The molecule has 124 valence electrons. The molecule has 24 heavy (non-hydrogen) atoms. The van der Waals surface area contributed by atoms with Crippen molar-refractivity contribution in [3.63, 3.8) is 0 Å². The summed E-state index contributed by atoms with van der Waals surface area (Å²) in [5.41, 5.74) is 1.88. The SMILES string of the molecule is COc1cc(OC)cc(C(=O)Nc2ccc3c(c2)sc(=O)n3C)c1. The fourth-order valence-electron chi connectivity index (χ4n) is 2.35. The number of carbonyl (C=O) groups is 1.